The lowest BCUT2D eigenvalue weighted by atomic mass is 9.97. The lowest BCUT2D eigenvalue weighted by Crippen LogP contribution is -2.09. The van der Waals surface area contributed by atoms with Crippen LogP contribution in [-0.2, 0) is 19.6 Å². The van der Waals surface area contributed by atoms with E-state index in [9.17, 15) is 18.0 Å². The van der Waals surface area contributed by atoms with E-state index < -0.39 is 11.7 Å². The fourth-order valence-corrected chi connectivity index (χ4v) is 2.23. The van der Waals surface area contributed by atoms with E-state index >= 15 is 0 Å². The SMILES string of the molecule is CCc1nn(C)cc1C(=O)c1ccc(C(F)(F)F)cc1C. The molecule has 1 heterocycles. The predicted molar refractivity (Wildman–Crippen MR) is 72.2 cm³/mol. The van der Waals surface area contributed by atoms with Gasteiger partial charge in [-0.3, -0.25) is 9.48 Å². The van der Waals surface area contributed by atoms with Crippen LogP contribution in [0.25, 0.3) is 0 Å². The molecule has 2 aromatic rings. The van der Waals surface area contributed by atoms with Crippen LogP contribution in [0, 0.1) is 6.92 Å². The van der Waals surface area contributed by atoms with Crippen LogP contribution in [0.3, 0.4) is 0 Å². The first-order valence-electron chi connectivity index (χ1n) is 6.49. The summed E-state index contributed by atoms with van der Waals surface area (Å²) >= 11 is 0. The number of rotatable bonds is 3. The van der Waals surface area contributed by atoms with Crippen molar-refractivity contribution in [2.45, 2.75) is 26.4 Å². The molecule has 0 bridgehead atoms. The summed E-state index contributed by atoms with van der Waals surface area (Å²) in [5.74, 6) is -0.300. The fourth-order valence-electron chi connectivity index (χ4n) is 2.23. The smallest absolute Gasteiger partial charge is 0.288 e. The molecule has 21 heavy (non-hydrogen) atoms. The molecule has 0 aliphatic rings. The third kappa shape index (κ3) is 2.99. The van der Waals surface area contributed by atoms with Crippen molar-refractivity contribution in [3.63, 3.8) is 0 Å². The van der Waals surface area contributed by atoms with Crippen molar-refractivity contribution in [2.24, 2.45) is 7.05 Å². The maximum atomic E-state index is 12.6. The minimum Gasteiger partial charge on any atom is -0.288 e. The minimum absolute atomic E-state index is 0.269. The van der Waals surface area contributed by atoms with Gasteiger partial charge in [-0.25, -0.2) is 0 Å². The number of benzene rings is 1. The van der Waals surface area contributed by atoms with E-state index in [1.165, 1.54) is 17.7 Å². The number of carbonyl (C=O) groups is 1. The van der Waals surface area contributed by atoms with E-state index in [4.69, 9.17) is 0 Å². The Morgan fingerprint density at radius 1 is 1.29 bits per heavy atom. The monoisotopic (exact) mass is 296 g/mol. The number of halogens is 3. The van der Waals surface area contributed by atoms with Crippen LogP contribution in [-0.4, -0.2) is 15.6 Å². The van der Waals surface area contributed by atoms with Gasteiger partial charge < -0.3 is 0 Å². The molecule has 1 aromatic carbocycles. The second-order valence-electron chi connectivity index (χ2n) is 4.87. The van der Waals surface area contributed by atoms with Gasteiger partial charge in [-0.05, 0) is 31.0 Å². The first kappa shape index (κ1) is 15.3. The van der Waals surface area contributed by atoms with Crippen molar-refractivity contribution < 1.29 is 18.0 Å². The van der Waals surface area contributed by atoms with Crippen LogP contribution >= 0.6 is 0 Å². The molecule has 1 aromatic heterocycles. The Bertz CT molecular complexity index is 687. The molecule has 0 fully saturated rings. The quantitative estimate of drug-likeness (QED) is 0.812. The van der Waals surface area contributed by atoms with Crippen LogP contribution in [0.1, 0.15) is 39.7 Å². The third-order valence-corrected chi connectivity index (χ3v) is 3.28. The lowest BCUT2D eigenvalue weighted by molar-refractivity contribution is -0.137. The zero-order valence-corrected chi connectivity index (χ0v) is 12.0. The number of aryl methyl sites for hydroxylation is 3. The average Bonchev–Trinajstić information content (AvgIpc) is 2.78. The zero-order chi connectivity index (χ0) is 15.8. The van der Waals surface area contributed by atoms with E-state index in [0.29, 0.717) is 23.2 Å². The molecule has 6 heteroatoms. The highest BCUT2D eigenvalue weighted by molar-refractivity contribution is 6.10. The highest BCUT2D eigenvalue weighted by atomic mass is 19.4. The first-order valence-corrected chi connectivity index (χ1v) is 6.49. The van der Waals surface area contributed by atoms with Gasteiger partial charge in [0.15, 0.2) is 5.78 Å². The summed E-state index contributed by atoms with van der Waals surface area (Å²) < 4.78 is 39.5. The summed E-state index contributed by atoms with van der Waals surface area (Å²) in [6.45, 7) is 3.38. The molecular weight excluding hydrogens is 281 g/mol. The largest absolute Gasteiger partial charge is 0.416 e. The standard InChI is InChI=1S/C15H15F3N2O/c1-4-13-12(8-20(3)19-13)14(21)11-6-5-10(7-9(11)2)15(16,17)18/h5-8H,4H2,1-3H3. The van der Waals surface area contributed by atoms with E-state index in [2.05, 4.69) is 5.10 Å². The van der Waals surface area contributed by atoms with Crippen LogP contribution in [0.5, 0.6) is 0 Å². The van der Waals surface area contributed by atoms with Gasteiger partial charge in [0.25, 0.3) is 0 Å². The number of aromatic nitrogens is 2. The van der Waals surface area contributed by atoms with Crippen LogP contribution in [0.4, 0.5) is 13.2 Å². The average molecular weight is 296 g/mol. The normalized spacial score (nSPS) is 11.7. The van der Waals surface area contributed by atoms with Gasteiger partial charge in [-0.1, -0.05) is 13.0 Å². The van der Waals surface area contributed by atoms with Gasteiger partial charge in [0.1, 0.15) is 0 Å². The third-order valence-electron chi connectivity index (χ3n) is 3.28. The van der Waals surface area contributed by atoms with Crippen LogP contribution < -0.4 is 0 Å². The Kier molecular flexibility index (Phi) is 3.89. The lowest BCUT2D eigenvalue weighted by Gasteiger charge is -2.10. The molecule has 112 valence electrons. The zero-order valence-electron chi connectivity index (χ0n) is 12.0. The molecule has 0 saturated carbocycles. The maximum absolute atomic E-state index is 12.6. The van der Waals surface area contributed by atoms with Crippen molar-refractivity contribution in [2.75, 3.05) is 0 Å². The Hall–Kier alpha value is -2.11. The van der Waals surface area contributed by atoms with Crippen molar-refractivity contribution in [3.05, 3.63) is 52.3 Å². The molecule has 0 saturated heterocycles. The number of hydrogen-bond acceptors (Lipinski definition) is 2. The van der Waals surface area contributed by atoms with Crippen molar-refractivity contribution in [3.8, 4) is 0 Å². The molecule has 0 spiro atoms. The summed E-state index contributed by atoms with van der Waals surface area (Å²) in [6, 6.07) is 3.16. The molecule has 0 aliphatic carbocycles. The number of hydrogen-bond donors (Lipinski definition) is 0. The predicted octanol–water partition coefficient (Wildman–Crippen LogP) is 3.54. The summed E-state index contributed by atoms with van der Waals surface area (Å²) in [7, 11) is 1.70. The van der Waals surface area contributed by atoms with E-state index in [0.717, 1.165) is 12.1 Å². The van der Waals surface area contributed by atoms with Gasteiger partial charge in [0, 0.05) is 18.8 Å². The summed E-state index contributed by atoms with van der Waals surface area (Å²) in [5, 5.41) is 4.18. The van der Waals surface area contributed by atoms with E-state index in [1.54, 1.807) is 13.2 Å². The van der Waals surface area contributed by atoms with Gasteiger partial charge in [-0.15, -0.1) is 0 Å². The molecule has 3 nitrogen and oxygen atoms in total. The number of nitrogens with zero attached hydrogens (tertiary/aromatic N) is 2. The molecule has 2 rings (SSSR count). The minimum atomic E-state index is -4.41. The second-order valence-corrected chi connectivity index (χ2v) is 4.87. The van der Waals surface area contributed by atoms with E-state index in [1.807, 2.05) is 6.92 Å². The van der Waals surface area contributed by atoms with Gasteiger partial charge in [-0.2, -0.15) is 18.3 Å². The van der Waals surface area contributed by atoms with Crippen molar-refractivity contribution in [1.82, 2.24) is 9.78 Å². The Balaban J connectivity index is 2.44. The molecular formula is C15H15F3N2O. The van der Waals surface area contributed by atoms with Crippen molar-refractivity contribution >= 4 is 5.78 Å². The van der Waals surface area contributed by atoms with E-state index in [-0.39, 0.29) is 11.3 Å². The molecule has 0 atom stereocenters. The topological polar surface area (TPSA) is 34.9 Å². The summed E-state index contributed by atoms with van der Waals surface area (Å²) in [4.78, 5) is 12.5. The van der Waals surface area contributed by atoms with Gasteiger partial charge in [0.05, 0.1) is 16.8 Å². The highest BCUT2D eigenvalue weighted by Crippen LogP contribution is 2.31. The Morgan fingerprint density at radius 3 is 2.48 bits per heavy atom. The Labute approximate surface area is 120 Å². The molecule has 0 unspecified atom stereocenters. The summed E-state index contributed by atoms with van der Waals surface area (Å²) in [6.07, 6.45) is -2.23. The number of carbonyl (C=O) groups excluding carboxylic acids is 1. The van der Waals surface area contributed by atoms with Gasteiger partial charge in [0.2, 0.25) is 0 Å². The van der Waals surface area contributed by atoms with Crippen LogP contribution in [0.15, 0.2) is 24.4 Å². The number of alkyl halides is 3. The summed E-state index contributed by atoms with van der Waals surface area (Å²) in [5.41, 5.74) is 0.898. The highest BCUT2D eigenvalue weighted by Gasteiger charge is 2.31. The number of ketones is 1. The second kappa shape index (κ2) is 5.35. The van der Waals surface area contributed by atoms with Crippen LogP contribution in [0.2, 0.25) is 0 Å². The van der Waals surface area contributed by atoms with Gasteiger partial charge >= 0.3 is 6.18 Å². The Morgan fingerprint density at radius 2 is 1.95 bits per heavy atom. The molecule has 0 N–H and O–H groups in total. The molecule has 0 amide bonds. The molecule has 0 aliphatic heterocycles. The maximum Gasteiger partial charge on any atom is 0.416 e. The van der Waals surface area contributed by atoms with Crippen molar-refractivity contribution in [1.29, 1.82) is 0 Å². The molecule has 0 radical (unpaired) electrons. The fraction of sp³-hybridized carbons (Fsp3) is 0.333. The first-order chi connectivity index (χ1) is 9.74.